The van der Waals surface area contributed by atoms with Crippen LogP contribution in [0.15, 0.2) is 48.7 Å². The van der Waals surface area contributed by atoms with Crippen LogP contribution in [-0.4, -0.2) is 16.2 Å². The van der Waals surface area contributed by atoms with E-state index in [-0.39, 0.29) is 11.9 Å². The third-order valence-corrected chi connectivity index (χ3v) is 3.47. The van der Waals surface area contributed by atoms with Crippen molar-refractivity contribution in [3.63, 3.8) is 0 Å². The van der Waals surface area contributed by atoms with Crippen molar-refractivity contribution in [1.82, 2.24) is 10.3 Å². The maximum Gasteiger partial charge on any atom is 0.251 e. The van der Waals surface area contributed by atoms with Gasteiger partial charge in [0.1, 0.15) is 0 Å². The van der Waals surface area contributed by atoms with Gasteiger partial charge in [-0.25, -0.2) is 0 Å². The molecule has 1 atom stereocenters. The largest absolute Gasteiger partial charge is 0.344 e. The maximum absolute atomic E-state index is 12.2. The van der Waals surface area contributed by atoms with Crippen molar-refractivity contribution in [2.45, 2.75) is 13.0 Å². The fourth-order valence-electron chi connectivity index (χ4n) is 1.82. The molecule has 0 saturated carbocycles. The molecule has 1 N–H and O–H groups in total. The smallest absolute Gasteiger partial charge is 0.251 e. The Kier molecular flexibility index (Phi) is 4.68. The van der Waals surface area contributed by atoms with Gasteiger partial charge in [-0.1, -0.05) is 46.3 Å². The van der Waals surface area contributed by atoms with Gasteiger partial charge in [0.15, 0.2) is 0 Å². The van der Waals surface area contributed by atoms with E-state index in [9.17, 15) is 4.79 Å². The fourth-order valence-corrected chi connectivity index (χ4v) is 2.36. The highest BCUT2D eigenvalue weighted by atomic mass is 79.9. The molecule has 0 spiro atoms. The number of aromatic nitrogens is 1. The lowest BCUT2D eigenvalue weighted by Crippen LogP contribution is -2.29. The molecule has 3 nitrogen and oxygen atoms in total. The van der Waals surface area contributed by atoms with Crippen LogP contribution in [0.3, 0.4) is 0 Å². The van der Waals surface area contributed by atoms with Crippen LogP contribution in [0.5, 0.6) is 0 Å². The van der Waals surface area contributed by atoms with Crippen molar-refractivity contribution in [1.29, 1.82) is 0 Å². The first-order chi connectivity index (χ1) is 9.20. The molecular weight excluding hydrogens is 304 g/mol. The number of aryl methyl sites for hydroxylation is 1. The van der Waals surface area contributed by atoms with Crippen LogP contribution < -0.4 is 5.32 Å². The van der Waals surface area contributed by atoms with Gasteiger partial charge in [0, 0.05) is 22.8 Å². The van der Waals surface area contributed by atoms with E-state index in [0.717, 1.165) is 11.3 Å². The highest BCUT2D eigenvalue weighted by Gasteiger charge is 2.14. The fraction of sp³-hybridized carbons (Fsp3) is 0.200. The topological polar surface area (TPSA) is 42.0 Å². The number of benzene rings is 1. The zero-order valence-corrected chi connectivity index (χ0v) is 12.2. The number of nitrogens with one attached hydrogen (secondary N) is 1. The summed E-state index contributed by atoms with van der Waals surface area (Å²) < 4.78 is 0. The molecule has 19 heavy (non-hydrogen) atoms. The van der Waals surface area contributed by atoms with Gasteiger partial charge in [0.25, 0.3) is 5.91 Å². The number of amides is 1. The van der Waals surface area contributed by atoms with E-state index in [1.54, 1.807) is 18.3 Å². The number of hydrogen-bond acceptors (Lipinski definition) is 2. The van der Waals surface area contributed by atoms with Gasteiger partial charge in [-0.3, -0.25) is 9.78 Å². The van der Waals surface area contributed by atoms with Gasteiger partial charge < -0.3 is 5.32 Å². The molecule has 0 aliphatic heterocycles. The first-order valence-electron chi connectivity index (χ1n) is 6.05. The molecule has 2 aromatic rings. The first kappa shape index (κ1) is 13.7. The molecule has 4 heteroatoms. The van der Waals surface area contributed by atoms with Gasteiger partial charge in [-0.2, -0.15) is 0 Å². The summed E-state index contributed by atoms with van der Waals surface area (Å²) in [5, 5.41) is 3.69. The molecule has 0 saturated heterocycles. The Morgan fingerprint density at radius 1 is 1.32 bits per heavy atom. The molecule has 2 rings (SSSR count). The number of halogens is 1. The normalized spacial score (nSPS) is 11.9. The first-order valence-corrected chi connectivity index (χ1v) is 7.17. The monoisotopic (exact) mass is 318 g/mol. The van der Waals surface area contributed by atoms with Gasteiger partial charge in [-0.15, -0.1) is 0 Å². The van der Waals surface area contributed by atoms with E-state index in [1.807, 2.05) is 37.3 Å². The Bertz CT molecular complexity index is 557. The van der Waals surface area contributed by atoms with Crippen LogP contribution in [0.1, 0.15) is 27.7 Å². The number of carbonyl (C=O) groups excluding carboxylic acids is 1. The minimum absolute atomic E-state index is 0.0397. The second-order valence-corrected chi connectivity index (χ2v) is 4.92. The Morgan fingerprint density at radius 2 is 2.05 bits per heavy atom. The number of carbonyl (C=O) groups is 1. The molecule has 0 aliphatic rings. The molecule has 0 radical (unpaired) electrons. The highest BCUT2D eigenvalue weighted by molar-refractivity contribution is 9.09. The zero-order valence-electron chi connectivity index (χ0n) is 10.6. The Hall–Kier alpha value is -1.68. The van der Waals surface area contributed by atoms with Crippen LogP contribution >= 0.6 is 15.9 Å². The molecule has 1 amide bonds. The predicted molar refractivity (Wildman–Crippen MR) is 79.4 cm³/mol. The molecule has 1 unspecified atom stereocenters. The van der Waals surface area contributed by atoms with Crippen molar-refractivity contribution in [2.75, 3.05) is 5.33 Å². The third-order valence-electron chi connectivity index (χ3n) is 2.82. The number of alkyl halides is 1. The summed E-state index contributed by atoms with van der Waals surface area (Å²) in [5.74, 6) is -0.0844. The molecule has 98 valence electrons. The summed E-state index contributed by atoms with van der Waals surface area (Å²) in [6.07, 6.45) is 1.65. The summed E-state index contributed by atoms with van der Waals surface area (Å²) in [7, 11) is 0. The van der Waals surface area contributed by atoms with Crippen molar-refractivity contribution in [2.24, 2.45) is 0 Å². The maximum atomic E-state index is 12.2. The second kappa shape index (κ2) is 6.48. The van der Waals surface area contributed by atoms with Crippen molar-refractivity contribution in [3.8, 4) is 0 Å². The number of pyridine rings is 1. The van der Waals surface area contributed by atoms with Crippen LogP contribution in [0.4, 0.5) is 0 Å². The summed E-state index contributed by atoms with van der Waals surface area (Å²) in [6, 6.07) is 13.4. The molecule has 0 aliphatic carbocycles. The summed E-state index contributed by atoms with van der Waals surface area (Å²) in [4.78, 5) is 16.3. The lowest BCUT2D eigenvalue weighted by Gasteiger charge is -2.16. The summed E-state index contributed by atoms with van der Waals surface area (Å²) in [6.45, 7) is 1.87. The zero-order chi connectivity index (χ0) is 13.7. The summed E-state index contributed by atoms with van der Waals surface area (Å²) in [5.41, 5.74) is 2.55. The van der Waals surface area contributed by atoms with Gasteiger partial charge in [0.05, 0.1) is 6.04 Å². The average molecular weight is 319 g/mol. The van der Waals surface area contributed by atoms with Crippen LogP contribution in [0.2, 0.25) is 0 Å². The average Bonchev–Trinajstić information content (AvgIpc) is 2.45. The molecular formula is C15H15BrN2O. The van der Waals surface area contributed by atoms with E-state index < -0.39 is 0 Å². The lowest BCUT2D eigenvalue weighted by atomic mass is 10.1. The van der Waals surface area contributed by atoms with Gasteiger partial charge in [-0.05, 0) is 24.6 Å². The van der Waals surface area contributed by atoms with E-state index in [1.165, 1.54) is 0 Å². The Morgan fingerprint density at radius 3 is 2.68 bits per heavy atom. The van der Waals surface area contributed by atoms with Gasteiger partial charge in [0.2, 0.25) is 0 Å². The van der Waals surface area contributed by atoms with Crippen LogP contribution in [-0.2, 0) is 0 Å². The van der Waals surface area contributed by atoms with E-state index in [0.29, 0.717) is 10.9 Å². The summed E-state index contributed by atoms with van der Waals surface area (Å²) >= 11 is 3.44. The molecule has 0 bridgehead atoms. The quantitative estimate of drug-likeness (QED) is 0.879. The lowest BCUT2D eigenvalue weighted by molar-refractivity contribution is 0.0940. The molecule has 0 fully saturated rings. The molecule has 1 aromatic carbocycles. The van der Waals surface area contributed by atoms with Gasteiger partial charge >= 0.3 is 0 Å². The van der Waals surface area contributed by atoms with E-state index in [4.69, 9.17) is 0 Å². The minimum Gasteiger partial charge on any atom is -0.344 e. The number of hydrogen-bond donors (Lipinski definition) is 1. The Labute approximate surface area is 121 Å². The predicted octanol–water partition coefficient (Wildman–Crippen LogP) is 3.26. The van der Waals surface area contributed by atoms with E-state index in [2.05, 4.69) is 26.2 Å². The SMILES string of the molecule is Cc1cc(C(=O)NC(CBr)c2ccccc2)ccn1. The van der Waals surface area contributed by atoms with Crippen molar-refractivity contribution >= 4 is 21.8 Å². The van der Waals surface area contributed by atoms with Crippen LogP contribution in [0.25, 0.3) is 0 Å². The van der Waals surface area contributed by atoms with Crippen molar-refractivity contribution < 1.29 is 4.79 Å². The highest BCUT2D eigenvalue weighted by Crippen LogP contribution is 2.15. The number of nitrogens with zero attached hydrogens (tertiary/aromatic N) is 1. The van der Waals surface area contributed by atoms with Crippen LogP contribution in [0, 0.1) is 6.92 Å². The van der Waals surface area contributed by atoms with Crippen molar-refractivity contribution in [3.05, 3.63) is 65.5 Å². The van der Waals surface area contributed by atoms with E-state index >= 15 is 0 Å². The second-order valence-electron chi connectivity index (χ2n) is 4.28. The molecule has 1 heterocycles. The Balaban J connectivity index is 2.13. The number of rotatable bonds is 4. The standard InChI is InChI=1S/C15H15BrN2O/c1-11-9-13(7-8-17-11)15(19)18-14(10-16)12-5-3-2-4-6-12/h2-9,14H,10H2,1H3,(H,18,19). The third kappa shape index (κ3) is 3.64. The molecule has 1 aromatic heterocycles. The minimum atomic E-state index is -0.0844.